The van der Waals surface area contributed by atoms with Crippen LogP contribution in [0, 0.1) is 6.92 Å². The number of ether oxygens (including phenoxy) is 1. The highest BCUT2D eigenvalue weighted by molar-refractivity contribution is 6.32. The summed E-state index contributed by atoms with van der Waals surface area (Å²) in [6.07, 6.45) is -3.16. The third-order valence-corrected chi connectivity index (χ3v) is 4.92. The SMILES string of the molecule is Cc1nn(Cc2ccc(Cl)cc2)c(Cl)c1/C=N/NC(=O)COc1cccc(C(F)(F)F)c1. The van der Waals surface area contributed by atoms with Gasteiger partial charge < -0.3 is 4.74 Å². The van der Waals surface area contributed by atoms with Crippen LogP contribution >= 0.6 is 23.2 Å². The maximum atomic E-state index is 12.7. The molecule has 0 fully saturated rings. The molecule has 32 heavy (non-hydrogen) atoms. The molecule has 1 N–H and O–H groups in total. The lowest BCUT2D eigenvalue weighted by atomic mass is 10.2. The molecule has 0 atom stereocenters. The van der Waals surface area contributed by atoms with Gasteiger partial charge in [-0.1, -0.05) is 41.4 Å². The van der Waals surface area contributed by atoms with Crippen LogP contribution in [0.5, 0.6) is 5.75 Å². The van der Waals surface area contributed by atoms with Gasteiger partial charge in [0.1, 0.15) is 10.9 Å². The average molecular weight is 485 g/mol. The molecule has 0 saturated heterocycles. The van der Waals surface area contributed by atoms with E-state index in [1.165, 1.54) is 18.3 Å². The summed E-state index contributed by atoms with van der Waals surface area (Å²) in [5, 5.41) is 9.14. The van der Waals surface area contributed by atoms with Crippen LogP contribution in [0.1, 0.15) is 22.4 Å². The first-order valence-electron chi connectivity index (χ1n) is 9.23. The third kappa shape index (κ3) is 6.24. The zero-order valence-electron chi connectivity index (χ0n) is 16.7. The number of hydrogen-bond acceptors (Lipinski definition) is 4. The number of aromatic nitrogens is 2. The summed E-state index contributed by atoms with van der Waals surface area (Å²) in [5.74, 6) is -0.734. The minimum atomic E-state index is -4.50. The zero-order chi connectivity index (χ0) is 23.3. The molecule has 0 radical (unpaired) electrons. The molecule has 11 heteroatoms. The molecule has 3 rings (SSSR count). The highest BCUT2D eigenvalue weighted by Gasteiger charge is 2.30. The predicted molar refractivity (Wildman–Crippen MR) is 115 cm³/mol. The largest absolute Gasteiger partial charge is 0.484 e. The van der Waals surface area contributed by atoms with E-state index in [2.05, 4.69) is 15.6 Å². The molecule has 0 aliphatic heterocycles. The summed E-state index contributed by atoms with van der Waals surface area (Å²) in [5.41, 5.74) is 3.43. The zero-order valence-corrected chi connectivity index (χ0v) is 18.2. The quantitative estimate of drug-likeness (QED) is 0.374. The number of carbonyl (C=O) groups is 1. The van der Waals surface area contributed by atoms with Crippen molar-refractivity contribution in [3.63, 3.8) is 0 Å². The van der Waals surface area contributed by atoms with Crippen LogP contribution in [0.2, 0.25) is 10.2 Å². The van der Waals surface area contributed by atoms with Gasteiger partial charge in [0.2, 0.25) is 0 Å². The summed E-state index contributed by atoms with van der Waals surface area (Å²) in [7, 11) is 0. The van der Waals surface area contributed by atoms with Gasteiger partial charge in [0.25, 0.3) is 5.91 Å². The Bertz CT molecular complexity index is 1130. The highest BCUT2D eigenvalue weighted by Crippen LogP contribution is 2.31. The smallest absolute Gasteiger partial charge is 0.416 e. The first-order chi connectivity index (χ1) is 15.1. The topological polar surface area (TPSA) is 68.5 Å². The van der Waals surface area contributed by atoms with E-state index in [4.69, 9.17) is 27.9 Å². The predicted octanol–water partition coefficient (Wildman–Crippen LogP) is 5.09. The normalized spacial score (nSPS) is 11.7. The lowest BCUT2D eigenvalue weighted by Crippen LogP contribution is -2.24. The fourth-order valence-electron chi connectivity index (χ4n) is 2.69. The molecular formula is C21H17Cl2F3N4O2. The molecule has 168 valence electrons. The molecule has 6 nitrogen and oxygen atoms in total. The third-order valence-electron chi connectivity index (χ3n) is 4.27. The van der Waals surface area contributed by atoms with E-state index in [-0.39, 0.29) is 5.75 Å². The van der Waals surface area contributed by atoms with E-state index >= 15 is 0 Å². The van der Waals surface area contributed by atoms with E-state index in [1.807, 2.05) is 12.1 Å². The number of nitrogens with zero attached hydrogens (tertiary/aromatic N) is 3. The van der Waals surface area contributed by atoms with Crippen molar-refractivity contribution in [3.05, 3.63) is 81.1 Å². The van der Waals surface area contributed by atoms with Gasteiger partial charge >= 0.3 is 6.18 Å². The number of rotatable bonds is 7. The molecule has 1 heterocycles. The molecule has 0 aliphatic carbocycles. The average Bonchev–Trinajstić information content (AvgIpc) is 3.01. The lowest BCUT2D eigenvalue weighted by Gasteiger charge is -2.09. The summed E-state index contributed by atoms with van der Waals surface area (Å²) in [6, 6.07) is 11.5. The highest BCUT2D eigenvalue weighted by atomic mass is 35.5. The number of nitrogens with one attached hydrogen (secondary N) is 1. The molecule has 1 aromatic heterocycles. The second-order valence-electron chi connectivity index (χ2n) is 6.68. The molecule has 0 bridgehead atoms. The van der Waals surface area contributed by atoms with Gasteiger partial charge in [-0.25, -0.2) is 10.1 Å². The number of amides is 1. The van der Waals surface area contributed by atoms with Crippen LogP contribution in [0.15, 0.2) is 53.6 Å². The second kappa shape index (κ2) is 10.1. The minimum Gasteiger partial charge on any atom is -0.484 e. The van der Waals surface area contributed by atoms with E-state index in [9.17, 15) is 18.0 Å². The van der Waals surface area contributed by atoms with Crippen LogP contribution in [0.3, 0.4) is 0 Å². The number of halogens is 5. The molecule has 3 aromatic rings. The fourth-order valence-corrected chi connectivity index (χ4v) is 3.10. The standard InChI is InChI=1S/C21H17Cl2F3N4O2/c1-13-18(20(23)30(29-13)11-14-5-7-16(22)8-6-14)10-27-28-19(31)12-32-17-4-2-3-15(9-17)21(24,25)26/h2-10H,11-12H2,1H3,(H,28,31)/b27-10+. The van der Waals surface area contributed by atoms with Crippen molar-refractivity contribution < 1.29 is 22.7 Å². The maximum absolute atomic E-state index is 12.7. The van der Waals surface area contributed by atoms with Crippen molar-refractivity contribution in [2.45, 2.75) is 19.6 Å². The van der Waals surface area contributed by atoms with Gasteiger partial charge in [0.05, 0.1) is 29.6 Å². The number of carbonyl (C=O) groups excluding carboxylic acids is 1. The summed E-state index contributed by atoms with van der Waals surface area (Å²) >= 11 is 12.3. The van der Waals surface area contributed by atoms with Crippen molar-refractivity contribution in [1.82, 2.24) is 15.2 Å². The number of aryl methyl sites for hydroxylation is 1. The second-order valence-corrected chi connectivity index (χ2v) is 7.48. The summed E-state index contributed by atoms with van der Waals surface area (Å²) < 4.78 is 44.8. The van der Waals surface area contributed by atoms with E-state index in [0.29, 0.717) is 28.0 Å². The van der Waals surface area contributed by atoms with Gasteiger partial charge in [-0.15, -0.1) is 0 Å². The Morgan fingerprint density at radius 1 is 1.22 bits per heavy atom. The van der Waals surface area contributed by atoms with Crippen LogP contribution in [0.4, 0.5) is 13.2 Å². The van der Waals surface area contributed by atoms with E-state index < -0.39 is 24.3 Å². The van der Waals surface area contributed by atoms with Crippen LogP contribution < -0.4 is 10.2 Å². The number of alkyl halides is 3. The van der Waals surface area contributed by atoms with Gasteiger partial charge in [0.15, 0.2) is 6.61 Å². The van der Waals surface area contributed by atoms with Crippen LogP contribution in [-0.4, -0.2) is 28.5 Å². The van der Waals surface area contributed by atoms with Gasteiger partial charge in [-0.3, -0.25) is 4.79 Å². The van der Waals surface area contributed by atoms with Crippen molar-refractivity contribution >= 4 is 35.3 Å². The molecule has 0 aliphatic rings. The summed E-state index contributed by atoms with van der Waals surface area (Å²) in [6.45, 7) is 1.65. The van der Waals surface area contributed by atoms with Gasteiger partial charge in [-0.05, 0) is 42.8 Å². The minimum absolute atomic E-state index is 0.0821. The Hall–Kier alpha value is -3.04. The van der Waals surface area contributed by atoms with Crippen LogP contribution in [0.25, 0.3) is 0 Å². The first-order valence-corrected chi connectivity index (χ1v) is 9.98. The van der Waals surface area contributed by atoms with Crippen molar-refractivity contribution in [2.24, 2.45) is 5.10 Å². The van der Waals surface area contributed by atoms with Crippen molar-refractivity contribution in [3.8, 4) is 5.75 Å². The van der Waals surface area contributed by atoms with E-state index in [0.717, 1.165) is 17.7 Å². The molecule has 1 amide bonds. The Kier molecular flexibility index (Phi) is 7.42. The van der Waals surface area contributed by atoms with Crippen LogP contribution in [-0.2, 0) is 17.5 Å². The summed E-state index contributed by atoms with van der Waals surface area (Å²) in [4.78, 5) is 11.9. The van der Waals surface area contributed by atoms with Crippen molar-refractivity contribution in [1.29, 1.82) is 0 Å². The Morgan fingerprint density at radius 2 is 1.94 bits per heavy atom. The number of hydrogen-bond donors (Lipinski definition) is 1. The molecular weight excluding hydrogens is 468 g/mol. The Labute approximate surface area is 191 Å². The lowest BCUT2D eigenvalue weighted by molar-refractivity contribution is -0.137. The van der Waals surface area contributed by atoms with Crippen molar-refractivity contribution in [2.75, 3.05) is 6.61 Å². The van der Waals surface area contributed by atoms with E-state index in [1.54, 1.807) is 23.7 Å². The number of benzene rings is 2. The van der Waals surface area contributed by atoms with Gasteiger partial charge in [0, 0.05) is 5.02 Å². The molecule has 0 saturated carbocycles. The van der Waals surface area contributed by atoms with Gasteiger partial charge in [-0.2, -0.15) is 23.4 Å². The molecule has 0 unspecified atom stereocenters. The molecule has 2 aromatic carbocycles. The molecule has 0 spiro atoms. The first kappa shape index (κ1) is 23.6. The Morgan fingerprint density at radius 3 is 2.62 bits per heavy atom. The fraction of sp³-hybridized carbons (Fsp3) is 0.190. The maximum Gasteiger partial charge on any atom is 0.416 e. The monoisotopic (exact) mass is 484 g/mol. The Balaban J connectivity index is 1.57. The number of hydrazone groups is 1.